The minimum absolute atomic E-state index is 0.466. The van der Waals surface area contributed by atoms with Crippen LogP contribution in [0.2, 0.25) is 0 Å². The minimum atomic E-state index is 0.466. The van der Waals surface area contributed by atoms with Gasteiger partial charge in [0.1, 0.15) is 0 Å². The topological polar surface area (TPSA) is 29.9 Å². The van der Waals surface area contributed by atoms with E-state index in [1.807, 2.05) is 6.20 Å². The highest BCUT2D eigenvalue weighted by Crippen LogP contribution is 2.46. The summed E-state index contributed by atoms with van der Waals surface area (Å²) in [6, 6.07) is 2.26. The molecule has 3 heteroatoms. The van der Waals surface area contributed by atoms with E-state index in [4.69, 9.17) is 0 Å². The molecule has 0 saturated heterocycles. The highest BCUT2D eigenvalue weighted by molar-refractivity contribution is 5.12. The fourth-order valence-corrected chi connectivity index (χ4v) is 3.75. The molecule has 0 aliphatic heterocycles. The number of nitrogens with zero attached hydrogens (tertiary/aromatic N) is 2. The summed E-state index contributed by atoms with van der Waals surface area (Å²) >= 11 is 0. The summed E-state index contributed by atoms with van der Waals surface area (Å²) in [5.74, 6) is 1.42. The Hall–Kier alpha value is -0.830. The molecule has 0 spiro atoms. The summed E-state index contributed by atoms with van der Waals surface area (Å²) in [5, 5.41) is 8.20. The number of rotatable bonds is 7. The second-order valence-electron chi connectivity index (χ2n) is 7.46. The maximum Gasteiger partial charge on any atom is 0.0492 e. The molecule has 2 unspecified atom stereocenters. The maximum absolute atomic E-state index is 4.56. The van der Waals surface area contributed by atoms with Gasteiger partial charge in [0.15, 0.2) is 0 Å². The zero-order valence-corrected chi connectivity index (χ0v) is 14.4. The van der Waals surface area contributed by atoms with E-state index in [9.17, 15) is 0 Å². The van der Waals surface area contributed by atoms with Gasteiger partial charge in [0.25, 0.3) is 0 Å². The molecule has 0 aromatic carbocycles. The summed E-state index contributed by atoms with van der Waals surface area (Å²) in [7, 11) is 0. The molecule has 1 aliphatic rings. The Morgan fingerprint density at radius 3 is 2.86 bits per heavy atom. The van der Waals surface area contributed by atoms with Gasteiger partial charge in [0.05, 0.1) is 0 Å². The predicted molar refractivity (Wildman–Crippen MR) is 89.5 cm³/mol. The van der Waals surface area contributed by atoms with E-state index in [1.54, 1.807) is 0 Å². The first-order valence-corrected chi connectivity index (χ1v) is 8.80. The Kier molecular flexibility index (Phi) is 5.86. The van der Waals surface area contributed by atoms with Gasteiger partial charge in [0.2, 0.25) is 0 Å². The van der Waals surface area contributed by atoms with Crippen LogP contribution in [0.3, 0.4) is 0 Å². The van der Waals surface area contributed by atoms with Crippen LogP contribution >= 0.6 is 0 Å². The van der Waals surface area contributed by atoms with E-state index in [0.717, 1.165) is 32.0 Å². The first kappa shape index (κ1) is 16.5. The molecule has 1 fully saturated rings. The van der Waals surface area contributed by atoms with Crippen LogP contribution in [0.5, 0.6) is 0 Å². The van der Waals surface area contributed by atoms with Crippen LogP contribution in [0.1, 0.15) is 71.4 Å². The molecule has 0 radical (unpaired) electrons. The fourth-order valence-electron chi connectivity index (χ4n) is 3.75. The molecule has 3 nitrogen and oxygen atoms in total. The average Bonchev–Trinajstić information content (AvgIpc) is 2.89. The van der Waals surface area contributed by atoms with Crippen LogP contribution in [-0.2, 0) is 6.54 Å². The van der Waals surface area contributed by atoms with Crippen molar-refractivity contribution in [2.45, 2.75) is 72.3 Å². The molecule has 1 saturated carbocycles. The van der Waals surface area contributed by atoms with Gasteiger partial charge in [-0.2, -0.15) is 5.10 Å². The lowest BCUT2D eigenvalue weighted by atomic mass is 9.66. The van der Waals surface area contributed by atoms with Gasteiger partial charge in [-0.05, 0) is 62.6 Å². The molecule has 1 aromatic heterocycles. The van der Waals surface area contributed by atoms with Crippen molar-refractivity contribution in [1.29, 1.82) is 0 Å². The Bertz CT molecular complexity index is 422. The van der Waals surface area contributed by atoms with Crippen molar-refractivity contribution < 1.29 is 0 Å². The molecule has 0 amide bonds. The van der Waals surface area contributed by atoms with Gasteiger partial charge >= 0.3 is 0 Å². The number of hydrogen-bond donors (Lipinski definition) is 1. The van der Waals surface area contributed by atoms with Crippen molar-refractivity contribution in [1.82, 2.24) is 15.1 Å². The quantitative estimate of drug-likeness (QED) is 0.763. The second-order valence-corrected chi connectivity index (χ2v) is 7.46. The summed E-state index contributed by atoms with van der Waals surface area (Å²) < 4.78 is 2.25. The molecule has 1 aromatic rings. The number of aromatic nitrogens is 2. The van der Waals surface area contributed by atoms with E-state index in [2.05, 4.69) is 48.9 Å². The monoisotopic (exact) mass is 291 g/mol. The molecule has 0 bridgehead atoms. The van der Waals surface area contributed by atoms with E-state index in [-0.39, 0.29) is 0 Å². The van der Waals surface area contributed by atoms with Crippen LogP contribution in [0.4, 0.5) is 0 Å². The van der Waals surface area contributed by atoms with Gasteiger partial charge in [-0.25, -0.2) is 0 Å². The molecular weight excluding hydrogens is 258 g/mol. The van der Waals surface area contributed by atoms with Gasteiger partial charge in [-0.15, -0.1) is 0 Å². The molecule has 120 valence electrons. The molecule has 1 N–H and O–H groups in total. The normalized spacial score (nSPS) is 25.1. The SMILES string of the molecule is CCCNCC1CCC(C)(C)CC1c1ccnn1CCC. The largest absolute Gasteiger partial charge is 0.316 e. The van der Waals surface area contributed by atoms with Crippen LogP contribution in [0, 0.1) is 11.3 Å². The zero-order chi connectivity index (χ0) is 15.3. The Morgan fingerprint density at radius 2 is 2.14 bits per heavy atom. The third-order valence-corrected chi connectivity index (χ3v) is 4.93. The van der Waals surface area contributed by atoms with Crippen LogP contribution in [0.25, 0.3) is 0 Å². The van der Waals surface area contributed by atoms with Crippen molar-refractivity contribution in [3.63, 3.8) is 0 Å². The van der Waals surface area contributed by atoms with Gasteiger partial charge < -0.3 is 5.32 Å². The van der Waals surface area contributed by atoms with E-state index in [1.165, 1.54) is 31.4 Å². The standard InChI is InChI=1S/C18H33N3/c1-5-10-19-14-15-7-9-18(3,4)13-16(15)17-8-11-20-21(17)12-6-2/h8,11,15-16,19H,5-7,9-10,12-14H2,1-4H3. The van der Waals surface area contributed by atoms with Crippen LogP contribution in [-0.4, -0.2) is 22.9 Å². The molecule has 2 atom stereocenters. The average molecular weight is 291 g/mol. The lowest BCUT2D eigenvalue weighted by Gasteiger charge is -2.41. The number of aryl methyl sites for hydroxylation is 1. The third-order valence-electron chi connectivity index (χ3n) is 4.93. The lowest BCUT2D eigenvalue weighted by molar-refractivity contribution is 0.154. The Morgan fingerprint density at radius 1 is 1.33 bits per heavy atom. The summed E-state index contributed by atoms with van der Waals surface area (Å²) in [4.78, 5) is 0. The molecule has 1 aliphatic carbocycles. The van der Waals surface area contributed by atoms with Crippen molar-refractivity contribution in [3.8, 4) is 0 Å². The fraction of sp³-hybridized carbons (Fsp3) is 0.833. The second kappa shape index (κ2) is 7.44. The Labute approximate surface area is 130 Å². The smallest absolute Gasteiger partial charge is 0.0492 e. The predicted octanol–water partition coefficient (Wildman–Crippen LogP) is 4.20. The van der Waals surface area contributed by atoms with Gasteiger partial charge in [0, 0.05) is 24.4 Å². The van der Waals surface area contributed by atoms with Crippen LogP contribution < -0.4 is 5.32 Å². The van der Waals surface area contributed by atoms with Gasteiger partial charge in [-0.3, -0.25) is 4.68 Å². The van der Waals surface area contributed by atoms with Crippen molar-refractivity contribution in [2.75, 3.05) is 13.1 Å². The summed E-state index contributed by atoms with van der Waals surface area (Å²) in [6.45, 7) is 12.7. The minimum Gasteiger partial charge on any atom is -0.316 e. The zero-order valence-electron chi connectivity index (χ0n) is 14.4. The van der Waals surface area contributed by atoms with E-state index < -0.39 is 0 Å². The summed E-state index contributed by atoms with van der Waals surface area (Å²) in [6.07, 6.45) is 8.35. The first-order valence-electron chi connectivity index (χ1n) is 8.80. The molecule has 1 heterocycles. The highest BCUT2D eigenvalue weighted by Gasteiger charge is 2.36. The first-order chi connectivity index (χ1) is 10.1. The number of hydrogen-bond acceptors (Lipinski definition) is 2. The van der Waals surface area contributed by atoms with Crippen LogP contribution in [0.15, 0.2) is 12.3 Å². The Balaban J connectivity index is 2.14. The van der Waals surface area contributed by atoms with E-state index >= 15 is 0 Å². The van der Waals surface area contributed by atoms with Crippen molar-refractivity contribution in [2.24, 2.45) is 11.3 Å². The molecule has 2 rings (SSSR count). The van der Waals surface area contributed by atoms with Crippen molar-refractivity contribution in [3.05, 3.63) is 18.0 Å². The van der Waals surface area contributed by atoms with Crippen molar-refractivity contribution >= 4 is 0 Å². The maximum atomic E-state index is 4.56. The number of nitrogens with one attached hydrogen (secondary N) is 1. The third kappa shape index (κ3) is 4.32. The lowest BCUT2D eigenvalue weighted by Crippen LogP contribution is -2.36. The van der Waals surface area contributed by atoms with Gasteiger partial charge in [-0.1, -0.05) is 27.7 Å². The molecular formula is C18H33N3. The highest BCUT2D eigenvalue weighted by atomic mass is 15.3. The summed E-state index contributed by atoms with van der Waals surface area (Å²) in [5.41, 5.74) is 1.93. The molecule has 21 heavy (non-hydrogen) atoms. The van der Waals surface area contributed by atoms with E-state index in [0.29, 0.717) is 11.3 Å².